The maximum Gasteiger partial charge on any atom is 0.345 e. The minimum absolute atomic E-state index is 0.0247. The number of carbonyl (C=O) groups excluding carboxylic acids is 3. The lowest BCUT2D eigenvalue weighted by atomic mass is 9.91. The molecule has 0 radical (unpaired) electrons. The number of esters is 3. The molecule has 292 valence electrons. The molecule has 2 saturated heterocycles. The van der Waals surface area contributed by atoms with Gasteiger partial charge in [-0.2, -0.15) is 0 Å². The van der Waals surface area contributed by atoms with Crippen LogP contribution in [0.4, 0.5) is 0 Å². The van der Waals surface area contributed by atoms with Crippen molar-refractivity contribution < 1.29 is 53.0 Å². The van der Waals surface area contributed by atoms with E-state index >= 15 is 0 Å². The summed E-state index contributed by atoms with van der Waals surface area (Å²) in [5, 5.41) is 21.1. The fourth-order valence-electron chi connectivity index (χ4n) is 7.31. The van der Waals surface area contributed by atoms with Crippen molar-refractivity contribution >= 4 is 23.8 Å². The number of H-pyrrole nitrogens is 1. The van der Waals surface area contributed by atoms with Crippen LogP contribution in [0.2, 0.25) is 0 Å². The Hall–Kier alpha value is -3.78. The van der Waals surface area contributed by atoms with Gasteiger partial charge in [-0.3, -0.25) is 9.59 Å². The number of rotatable bonds is 10. The van der Waals surface area contributed by atoms with Crippen LogP contribution in [-0.4, -0.2) is 109 Å². The number of cyclic esters (lactones) is 1. The number of methoxy groups -OCH3 is 1. The number of aliphatic hydroxyl groups excluding tert-OH is 1. The Balaban J connectivity index is 1.52. The molecule has 13 heteroatoms. The van der Waals surface area contributed by atoms with E-state index in [0.717, 1.165) is 36.1 Å². The number of fused-ring (bicyclic) bond motifs is 6. The van der Waals surface area contributed by atoms with Crippen molar-refractivity contribution in [2.75, 3.05) is 33.5 Å². The first-order chi connectivity index (χ1) is 25.2. The van der Waals surface area contributed by atoms with Crippen LogP contribution in [0.5, 0.6) is 0 Å². The Morgan fingerprint density at radius 3 is 2.57 bits per heavy atom. The maximum atomic E-state index is 13.7. The number of nitrogens with zero attached hydrogens (tertiary/aromatic N) is 1. The standard InChI is InChI=1S/C40H56N2O11/c1-22(2)15-26-17-34(44)52-36-35(53-39(46)40(36,47)21-43)25(6)10-11-27-12-13-30(41-27)37-42-31(33(51-37)20-50-38(26)45)18-28-29(24(5)9-8-14-48-7)19-49-32(28)16-23(3)4/h10,12-13,18,22-23,26,31-33,35-36,41,43,47H,8-9,11,14-17,19-21H2,1-7H3/b25-10+,28-18-,29-24+/t26-,31?,32?,33?,35?,36?,40?/m0/s1. The van der Waals surface area contributed by atoms with Gasteiger partial charge >= 0.3 is 17.9 Å². The number of hydrogen-bond acceptors (Lipinski definition) is 12. The normalized spacial score (nSPS) is 32.4. The van der Waals surface area contributed by atoms with E-state index in [0.29, 0.717) is 49.1 Å². The van der Waals surface area contributed by atoms with Crippen molar-refractivity contribution in [1.82, 2.24) is 4.98 Å². The van der Waals surface area contributed by atoms with E-state index in [-0.39, 0.29) is 25.0 Å². The summed E-state index contributed by atoms with van der Waals surface area (Å²) in [6, 6.07) is 3.24. The molecule has 7 atom stereocenters. The molecule has 53 heavy (non-hydrogen) atoms. The van der Waals surface area contributed by atoms with Crippen LogP contribution in [0, 0.1) is 17.8 Å². The van der Waals surface area contributed by atoms with Gasteiger partial charge in [0.15, 0.2) is 18.3 Å². The summed E-state index contributed by atoms with van der Waals surface area (Å²) >= 11 is 0. The summed E-state index contributed by atoms with van der Waals surface area (Å²) < 4.78 is 35.1. The molecule has 13 nitrogen and oxygen atoms in total. The Kier molecular flexibility index (Phi) is 13.4. The molecule has 0 amide bonds. The number of allylic oxidation sites excluding steroid dienone is 2. The molecule has 2 fully saturated rings. The van der Waals surface area contributed by atoms with Gasteiger partial charge in [0.05, 0.1) is 31.7 Å². The van der Waals surface area contributed by atoms with Gasteiger partial charge in [0.25, 0.3) is 0 Å². The van der Waals surface area contributed by atoms with Gasteiger partial charge in [0, 0.05) is 25.8 Å². The number of aliphatic hydroxyl groups is 2. The monoisotopic (exact) mass is 740 g/mol. The predicted molar refractivity (Wildman–Crippen MR) is 195 cm³/mol. The Morgan fingerprint density at radius 2 is 1.87 bits per heavy atom. The lowest BCUT2D eigenvalue weighted by Crippen LogP contribution is -2.52. The van der Waals surface area contributed by atoms with Gasteiger partial charge in [-0.15, -0.1) is 0 Å². The Morgan fingerprint density at radius 1 is 1.11 bits per heavy atom. The van der Waals surface area contributed by atoms with E-state index < -0.39 is 60.4 Å². The zero-order valence-corrected chi connectivity index (χ0v) is 32.0. The van der Waals surface area contributed by atoms with Crippen molar-refractivity contribution in [3.8, 4) is 0 Å². The van der Waals surface area contributed by atoms with Gasteiger partial charge in [-0.05, 0) is 86.3 Å². The van der Waals surface area contributed by atoms with Crippen molar-refractivity contribution in [2.24, 2.45) is 22.7 Å². The minimum Gasteiger partial charge on any atom is -0.467 e. The average Bonchev–Trinajstić information content (AvgIpc) is 3.89. The molecule has 0 aliphatic carbocycles. The number of nitrogens with one attached hydrogen (secondary N) is 1. The van der Waals surface area contributed by atoms with Gasteiger partial charge < -0.3 is 43.6 Å². The lowest BCUT2D eigenvalue weighted by Gasteiger charge is -2.27. The zero-order chi connectivity index (χ0) is 38.4. The highest BCUT2D eigenvalue weighted by Crippen LogP contribution is 2.36. The van der Waals surface area contributed by atoms with Gasteiger partial charge in [0.1, 0.15) is 18.3 Å². The van der Waals surface area contributed by atoms with E-state index in [1.807, 2.05) is 26.0 Å². The first-order valence-corrected chi connectivity index (χ1v) is 18.7. The average molecular weight is 741 g/mol. The quantitative estimate of drug-likeness (QED) is 0.135. The minimum atomic E-state index is -2.46. The first-order valence-electron chi connectivity index (χ1n) is 18.7. The molecule has 0 saturated carbocycles. The summed E-state index contributed by atoms with van der Waals surface area (Å²) in [7, 11) is 1.70. The number of aliphatic imine (C=N–C) groups is 1. The molecular weight excluding hydrogens is 684 g/mol. The molecule has 4 aliphatic rings. The highest BCUT2D eigenvalue weighted by atomic mass is 16.6. The summed E-state index contributed by atoms with van der Waals surface area (Å²) in [5.74, 6) is -2.63. The zero-order valence-electron chi connectivity index (χ0n) is 32.0. The second kappa shape index (κ2) is 17.6. The van der Waals surface area contributed by atoms with Crippen molar-refractivity contribution in [1.29, 1.82) is 0 Å². The highest BCUT2D eigenvalue weighted by molar-refractivity contribution is 5.94. The predicted octanol–water partition coefficient (Wildman–Crippen LogP) is 4.30. The first kappa shape index (κ1) is 40.4. The van der Waals surface area contributed by atoms with E-state index in [4.69, 9.17) is 33.4 Å². The molecule has 6 unspecified atom stereocenters. The van der Waals surface area contributed by atoms with E-state index in [1.165, 1.54) is 5.57 Å². The summed E-state index contributed by atoms with van der Waals surface area (Å²) in [6.07, 6.45) is 3.39. The molecule has 4 bridgehead atoms. The molecule has 1 aromatic heterocycles. The lowest BCUT2D eigenvalue weighted by molar-refractivity contribution is -0.173. The van der Waals surface area contributed by atoms with Crippen LogP contribution in [0.25, 0.3) is 0 Å². The molecule has 5 rings (SSSR count). The van der Waals surface area contributed by atoms with Crippen LogP contribution in [0.1, 0.15) is 85.0 Å². The third kappa shape index (κ3) is 9.48. The number of aromatic nitrogens is 1. The maximum absolute atomic E-state index is 13.7. The van der Waals surface area contributed by atoms with Crippen LogP contribution in [0.15, 0.2) is 51.6 Å². The van der Waals surface area contributed by atoms with Crippen LogP contribution in [0.3, 0.4) is 0 Å². The van der Waals surface area contributed by atoms with Crippen molar-refractivity contribution in [3.05, 3.63) is 58.0 Å². The van der Waals surface area contributed by atoms with E-state index in [9.17, 15) is 24.6 Å². The Bertz CT molecular complexity index is 1620. The molecule has 5 heterocycles. The van der Waals surface area contributed by atoms with Crippen molar-refractivity contribution in [2.45, 2.75) is 116 Å². The largest absolute Gasteiger partial charge is 0.467 e. The highest BCUT2D eigenvalue weighted by Gasteiger charge is 2.59. The molecule has 4 aliphatic heterocycles. The van der Waals surface area contributed by atoms with Crippen LogP contribution in [-0.2, 0) is 49.2 Å². The van der Waals surface area contributed by atoms with E-state index in [1.54, 1.807) is 20.1 Å². The summed E-state index contributed by atoms with van der Waals surface area (Å²) in [5.41, 5.74) is 2.95. The topological polar surface area (TPSA) is 175 Å². The second-order valence-electron chi connectivity index (χ2n) is 15.5. The Labute approximate surface area is 311 Å². The van der Waals surface area contributed by atoms with Crippen LogP contribution >= 0.6 is 0 Å². The molecule has 0 aromatic carbocycles. The SMILES string of the molecule is COCCC/C(C)=C1\COC(CC(C)C)\C1=C/C1N=C2OC1COC(=O)[C@@H](CC(C)C)CC(=O)OC1C(OC(=O)C1(O)CO)/C(C)=C/Cc1ccc2[nH]1. The van der Waals surface area contributed by atoms with Crippen LogP contribution < -0.4 is 0 Å². The van der Waals surface area contributed by atoms with Gasteiger partial charge in [0.2, 0.25) is 11.5 Å². The number of ether oxygens (including phenoxy) is 6. The number of carbonyl (C=O) groups is 3. The molecular formula is C40H56N2O11. The number of hydrogen-bond donors (Lipinski definition) is 3. The fourth-order valence-corrected chi connectivity index (χ4v) is 7.31. The van der Waals surface area contributed by atoms with Gasteiger partial charge in [-0.25, -0.2) is 9.79 Å². The third-order valence-corrected chi connectivity index (χ3v) is 10.3. The van der Waals surface area contributed by atoms with E-state index in [2.05, 4.69) is 31.8 Å². The number of aromatic amines is 1. The molecule has 3 N–H and O–H groups in total. The fraction of sp³-hybridized carbons (Fsp3) is 0.650. The summed E-state index contributed by atoms with van der Waals surface area (Å²) in [6.45, 7) is 12.0. The molecule has 0 spiro atoms. The van der Waals surface area contributed by atoms with Gasteiger partial charge in [-0.1, -0.05) is 39.3 Å². The third-order valence-electron chi connectivity index (χ3n) is 10.3. The smallest absolute Gasteiger partial charge is 0.345 e. The summed E-state index contributed by atoms with van der Waals surface area (Å²) in [4.78, 5) is 48.2. The van der Waals surface area contributed by atoms with Crippen molar-refractivity contribution in [3.63, 3.8) is 0 Å². The second-order valence-corrected chi connectivity index (χ2v) is 15.5. The molecule has 1 aromatic rings.